The maximum absolute atomic E-state index is 10.6. The Balaban J connectivity index is 0.000000287. The van der Waals surface area contributed by atoms with Crippen LogP contribution in [0.25, 0.3) is 0 Å². The Labute approximate surface area is 122 Å². The molecular weight excluding hydrogens is 300 g/mol. The number of carboxylic acids is 3. The van der Waals surface area contributed by atoms with Crippen LogP contribution in [0.4, 0.5) is 0 Å². The summed E-state index contributed by atoms with van der Waals surface area (Å²) in [6.07, 6.45) is 2.17. The van der Waals surface area contributed by atoms with Gasteiger partial charge in [0.2, 0.25) is 0 Å². The summed E-state index contributed by atoms with van der Waals surface area (Å²) in [5.74, 6) is -5.36. The van der Waals surface area contributed by atoms with E-state index in [1.165, 1.54) is 0 Å². The minimum Gasteiger partial charge on any atom is -0.478 e. The Morgan fingerprint density at radius 1 is 0.773 bits per heavy atom. The Hall–Kier alpha value is -3.49. The molecule has 2 rings (SSSR count). The monoisotopic (exact) mass is 308 g/mol. The zero-order valence-corrected chi connectivity index (χ0v) is 10.7. The van der Waals surface area contributed by atoms with Crippen molar-refractivity contribution in [2.45, 2.75) is 0 Å². The molecule has 0 atom stereocenters. The van der Waals surface area contributed by atoms with Crippen LogP contribution in [0, 0.1) is 0 Å². The third kappa shape index (κ3) is 4.27. The first-order valence-electron chi connectivity index (χ1n) is 5.50. The number of hydrogen-bond acceptors (Lipinski definition) is 6. The minimum absolute atomic E-state index is 0.266. The van der Waals surface area contributed by atoms with Crippen LogP contribution in [0.2, 0.25) is 0 Å². The Morgan fingerprint density at radius 2 is 1.27 bits per heavy atom. The first kappa shape index (κ1) is 16.6. The third-order valence-electron chi connectivity index (χ3n) is 2.28. The summed E-state index contributed by atoms with van der Waals surface area (Å²) in [5, 5.41) is 25.9. The van der Waals surface area contributed by atoms with Crippen molar-refractivity contribution in [3.05, 3.63) is 47.0 Å². The SMILES string of the molecule is O=C(O)c1ccc(C(=O)O)c(C(=O)O)c1.O=C1C=CC(=O)O1. The number of hydrogen-bond donors (Lipinski definition) is 3. The third-order valence-corrected chi connectivity index (χ3v) is 2.28. The molecule has 0 unspecified atom stereocenters. The normalized spacial score (nSPS) is 12.2. The van der Waals surface area contributed by atoms with Crippen molar-refractivity contribution in [1.82, 2.24) is 0 Å². The second-order valence-electron chi connectivity index (χ2n) is 3.75. The quantitative estimate of drug-likeness (QED) is 0.531. The molecular formula is C13H8O9. The largest absolute Gasteiger partial charge is 0.478 e. The molecule has 9 nitrogen and oxygen atoms in total. The molecule has 1 aromatic rings. The topological polar surface area (TPSA) is 155 Å². The summed E-state index contributed by atoms with van der Waals surface area (Å²) in [5.41, 5.74) is -1.24. The van der Waals surface area contributed by atoms with Crippen LogP contribution in [0.15, 0.2) is 30.4 Å². The maximum Gasteiger partial charge on any atom is 0.338 e. The van der Waals surface area contributed by atoms with Crippen molar-refractivity contribution >= 4 is 29.8 Å². The zero-order valence-electron chi connectivity index (χ0n) is 10.7. The van der Waals surface area contributed by atoms with Gasteiger partial charge in [-0.3, -0.25) is 0 Å². The highest BCUT2D eigenvalue weighted by molar-refractivity contribution is 6.05. The van der Waals surface area contributed by atoms with Gasteiger partial charge < -0.3 is 20.1 Å². The predicted molar refractivity (Wildman–Crippen MR) is 67.6 cm³/mol. The van der Waals surface area contributed by atoms with Crippen molar-refractivity contribution in [2.75, 3.05) is 0 Å². The van der Waals surface area contributed by atoms with Gasteiger partial charge in [0.1, 0.15) is 0 Å². The zero-order chi connectivity index (χ0) is 16.9. The van der Waals surface area contributed by atoms with Crippen LogP contribution >= 0.6 is 0 Å². The molecule has 0 saturated heterocycles. The standard InChI is InChI=1S/C9H6O6.C4H2O3/c10-7(11)4-1-2-5(8(12)13)6(3-4)9(14)15;5-3-1-2-4(6)7-3/h1-3H,(H,10,11)(H,12,13)(H,14,15);1-2H. The fourth-order valence-corrected chi connectivity index (χ4v) is 1.34. The molecule has 1 aliphatic heterocycles. The maximum atomic E-state index is 10.6. The first-order chi connectivity index (χ1) is 10.2. The van der Waals surface area contributed by atoms with Crippen molar-refractivity contribution in [3.8, 4) is 0 Å². The highest BCUT2D eigenvalue weighted by atomic mass is 16.6. The fourth-order valence-electron chi connectivity index (χ4n) is 1.34. The number of rotatable bonds is 3. The lowest BCUT2D eigenvalue weighted by atomic mass is 10.0. The lowest BCUT2D eigenvalue weighted by molar-refractivity contribution is -0.150. The lowest BCUT2D eigenvalue weighted by Gasteiger charge is -2.02. The van der Waals surface area contributed by atoms with E-state index in [1.807, 2.05) is 0 Å². The number of ether oxygens (including phenoxy) is 1. The number of carbonyl (C=O) groups is 5. The fraction of sp³-hybridized carbons (Fsp3) is 0. The molecule has 0 saturated carbocycles. The molecule has 0 bridgehead atoms. The number of aromatic carboxylic acids is 3. The van der Waals surface area contributed by atoms with Gasteiger partial charge in [0.05, 0.1) is 16.7 Å². The molecule has 9 heteroatoms. The average molecular weight is 308 g/mol. The Morgan fingerprint density at radius 3 is 1.59 bits per heavy atom. The second kappa shape index (κ2) is 6.79. The molecule has 0 radical (unpaired) electrons. The van der Waals surface area contributed by atoms with E-state index < -0.39 is 41.0 Å². The van der Waals surface area contributed by atoms with Gasteiger partial charge in [-0.25, -0.2) is 24.0 Å². The van der Waals surface area contributed by atoms with Crippen LogP contribution in [0.3, 0.4) is 0 Å². The van der Waals surface area contributed by atoms with Gasteiger partial charge in [0.25, 0.3) is 0 Å². The highest BCUT2D eigenvalue weighted by Crippen LogP contribution is 2.12. The molecule has 0 aliphatic carbocycles. The van der Waals surface area contributed by atoms with Gasteiger partial charge in [-0.2, -0.15) is 0 Å². The van der Waals surface area contributed by atoms with E-state index in [4.69, 9.17) is 15.3 Å². The van der Waals surface area contributed by atoms with Crippen molar-refractivity contribution < 1.29 is 44.0 Å². The molecule has 3 N–H and O–H groups in total. The molecule has 1 aromatic carbocycles. The summed E-state index contributed by atoms with van der Waals surface area (Å²) >= 11 is 0. The molecule has 0 fully saturated rings. The molecule has 22 heavy (non-hydrogen) atoms. The van der Waals surface area contributed by atoms with E-state index in [1.54, 1.807) is 0 Å². The molecule has 0 amide bonds. The van der Waals surface area contributed by atoms with E-state index in [9.17, 15) is 24.0 Å². The van der Waals surface area contributed by atoms with Gasteiger partial charge in [-0.05, 0) is 18.2 Å². The minimum atomic E-state index is -1.48. The van der Waals surface area contributed by atoms with Gasteiger partial charge >= 0.3 is 29.8 Å². The van der Waals surface area contributed by atoms with Crippen molar-refractivity contribution in [3.63, 3.8) is 0 Å². The van der Waals surface area contributed by atoms with E-state index in [0.717, 1.165) is 30.4 Å². The Bertz CT molecular complexity index is 683. The van der Waals surface area contributed by atoms with Crippen LogP contribution in [0.5, 0.6) is 0 Å². The van der Waals surface area contributed by atoms with E-state index in [0.29, 0.717) is 0 Å². The van der Waals surface area contributed by atoms with E-state index in [-0.39, 0.29) is 5.56 Å². The number of esters is 2. The number of cyclic esters (lactones) is 2. The lowest BCUT2D eigenvalue weighted by Crippen LogP contribution is -2.10. The number of carboxylic acid groups (broad SMARTS) is 3. The van der Waals surface area contributed by atoms with Crippen LogP contribution in [-0.4, -0.2) is 45.2 Å². The van der Waals surface area contributed by atoms with Crippen LogP contribution < -0.4 is 0 Å². The molecule has 0 aromatic heterocycles. The van der Waals surface area contributed by atoms with Gasteiger partial charge in [-0.15, -0.1) is 0 Å². The highest BCUT2D eigenvalue weighted by Gasteiger charge is 2.17. The Kier molecular flexibility index (Phi) is 5.11. The van der Waals surface area contributed by atoms with Gasteiger partial charge in [0.15, 0.2) is 0 Å². The molecule has 114 valence electrons. The summed E-state index contributed by atoms with van der Waals surface area (Å²) in [7, 11) is 0. The summed E-state index contributed by atoms with van der Waals surface area (Å²) < 4.78 is 3.97. The smallest absolute Gasteiger partial charge is 0.338 e. The van der Waals surface area contributed by atoms with Crippen molar-refractivity contribution in [1.29, 1.82) is 0 Å². The summed E-state index contributed by atoms with van der Waals surface area (Å²) in [4.78, 5) is 51.6. The van der Waals surface area contributed by atoms with E-state index >= 15 is 0 Å². The van der Waals surface area contributed by atoms with Crippen molar-refractivity contribution in [2.24, 2.45) is 0 Å². The number of carbonyl (C=O) groups excluding carboxylic acids is 2. The van der Waals surface area contributed by atoms with Gasteiger partial charge in [0, 0.05) is 12.2 Å². The number of benzene rings is 1. The summed E-state index contributed by atoms with van der Waals surface area (Å²) in [6, 6.07) is 2.81. The van der Waals surface area contributed by atoms with Gasteiger partial charge in [-0.1, -0.05) is 0 Å². The second-order valence-corrected chi connectivity index (χ2v) is 3.75. The molecule has 1 heterocycles. The summed E-state index contributed by atoms with van der Waals surface area (Å²) in [6.45, 7) is 0. The van der Waals surface area contributed by atoms with Crippen LogP contribution in [-0.2, 0) is 14.3 Å². The average Bonchev–Trinajstić information content (AvgIpc) is 2.82. The first-order valence-corrected chi connectivity index (χ1v) is 5.50. The van der Waals surface area contributed by atoms with Crippen LogP contribution in [0.1, 0.15) is 31.1 Å². The molecule has 0 spiro atoms. The predicted octanol–water partition coefficient (Wildman–Crippen LogP) is 0.407. The van der Waals surface area contributed by atoms with E-state index in [2.05, 4.69) is 4.74 Å². The molecule has 1 aliphatic rings.